The molecule has 2 atom stereocenters. The van der Waals surface area contributed by atoms with Crippen molar-refractivity contribution >= 4 is 27.3 Å². The molecule has 1 aromatic heterocycles. The summed E-state index contributed by atoms with van der Waals surface area (Å²) in [7, 11) is 0. The van der Waals surface area contributed by atoms with Gasteiger partial charge in [-0.15, -0.1) is 11.3 Å². The molecular formula is C11H17BrN2OS. The van der Waals surface area contributed by atoms with Crippen molar-refractivity contribution in [2.24, 2.45) is 5.73 Å². The normalized spacial score (nSPS) is 24.6. The lowest BCUT2D eigenvalue weighted by Gasteiger charge is -2.35. The summed E-state index contributed by atoms with van der Waals surface area (Å²) in [5.41, 5.74) is 5.86. The van der Waals surface area contributed by atoms with Gasteiger partial charge in [-0.3, -0.25) is 4.90 Å². The summed E-state index contributed by atoms with van der Waals surface area (Å²) in [6, 6.07) is 2.38. The number of aliphatic hydroxyl groups excluding tert-OH is 1. The largest absolute Gasteiger partial charge is 0.392 e. The number of β-amino-alcohol motifs (C(OH)–C–C–N with tert-alkyl or cyclic N) is 1. The van der Waals surface area contributed by atoms with Gasteiger partial charge in [0.05, 0.1) is 12.1 Å². The summed E-state index contributed by atoms with van der Waals surface area (Å²) in [6.07, 6.45) is 1.79. The summed E-state index contributed by atoms with van der Waals surface area (Å²) in [5.74, 6) is 0. The lowest BCUT2D eigenvalue weighted by atomic mass is 10.1. The second-order valence-electron chi connectivity index (χ2n) is 4.21. The number of nitrogens with two attached hydrogens (primary N) is 1. The van der Waals surface area contributed by atoms with Crippen LogP contribution >= 0.6 is 27.3 Å². The minimum atomic E-state index is -0.189. The van der Waals surface area contributed by atoms with Gasteiger partial charge in [-0.05, 0) is 41.4 Å². The zero-order valence-corrected chi connectivity index (χ0v) is 11.5. The van der Waals surface area contributed by atoms with Crippen LogP contribution in [-0.2, 0) is 0 Å². The van der Waals surface area contributed by atoms with Crippen LogP contribution in [0.5, 0.6) is 0 Å². The third kappa shape index (κ3) is 2.84. The van der Waals surface area contributed by atoms with E-state index in [4.69, 9.17) is 5.73 Å². The van der Waals surface area contributed by atoms with Crippen LogP contribution < -0.4 is 5.73 Å². The molecule has 1 aromatic rings. The molecule has 0 bridgehead atoms. The maximum absolute atomic E-state index is 9.69. The third-order valence-electron chi connectivity index (χ3n) is 3.01. The fourth-order valence-electron chi connectivity index (χ4n) is 2.21. The van der Waals surface area contributed by atoms with E-state index in [1.807, 2.05) is 0 Å². The molecule has 2 unspecified atom stereocenters. The zero-order valence-electron chi connectivity index (χ0n) is 9.10. The van der Waals surface area contributed by atoms with Crippen LogP contribution in [0.1, 0.15) is 23.8 Å². The zero-order chi connectivity index (χ0) is 11.5. The lowest BCUT2D eigenvalue weighted by Crippen LogP contribution is -2.42. The van der Waals surface area contributed by atoms with E-state index in [1.54, 1.807) is 11.3 Å². The average Bonchev–Trinajstić information content (AvgIpc) is 2.66. The van der Waals surface area contributed by atoms with Gasteiger partial charge < -0.3 is 10.8 Å². The van der Waals surface area contributed by atoms with Crippen LogP contribution in [0.25, 0.3) is 0 Å². The second-order valence-corrected chi connectivity index (χ2v) is 6.07. The van der Waals surface area contributed by atoms with Gasteiger partial charge in [-0.25, -0.2) is 0 Å². The van der Waals surface area contributed by atoms with Gasteiger partial charge in [0, 0.05) is 27.8 Å². The van der Waals surface area contributed by atoms with Crippen LogP contribution in [0.4, 0.5) is 0 Å². The first-order valence-electron chi connectivity index (χ1n) is 5.57. The van der Waals surface area contributed by atoms with E-state index in [1.165, 1.54) is 4.88 Å². The molecule has 16 heavy (non-hydrogen) atoms. The van der Waals surface area contributed by atoms with Gasteiger partial charge in [-0.2, -0.15) is 0 Å². The fourth-order valence-corrected chi connectivity index (χ4v) is 3.81. The Labute approximate surface area is 108 Å². The number of hydrogen-bond donors (Lipinski definition) is 2. The van der Waals surface area contributed by atoms with Crippen LogP contribution in [0.15, 0.2) is 15.9 Å². The van der Waals surface area contributed by atoms with E-state index in [0.29, 0.717) is 6.54 Å². The van der Waals surface area contributed by atoms with E-state index in [-0.39, 0.29) is 12.1 Å². The molecule has 0 amide bonds. The van der Waals surface area contributed by atoms with Crippen molar-refractivity contribution in [1.82, 2.24) is 4.90 Å². The highest BCUT2D eigenvalue weighted by atomic mass is 79.9. The van der Waals surface area contributed by atoms with Crippen molar-refractivity contribution in [2.75, 3.05) is 19.6 Å². The second kappa shape index (κ2) is 5.60. The van der Waals surface area contributed by atoms with Gasteiger partial charge in [0.15, 0.2) is 0 Å². The maximum atomic E-state index is 9.69. The number of aliphatic hydroxyl groups is 1. The van der Waals surface area contributed by atoms with Crippen molar-refractivity contribution in [3.05, 3.63) is 20.8 Å². The Hall–Kier alpha value is 0.0600. The Morgan fingerprint density at radius 1 is 1.69 bits per heavy atom. The highest BCUT2D eigenvalue weighted by molar-refractivity contribution is 9.10. The number of halogens is 1. The average molecular weight is 305 g/mol. The Bertz CT molecular complexity index is 344. The molecule has 2 heterocycles. The van der Waals surface area contributed by atoms with Crippen molar-refractivity contribution in [3.8, 4) is 0 Å². The molecule has 2 rings (SSSR count). The summed E-state index contributed by atoms with van der Waals surface area (Å²) in [6.45, 7) is 2.39. The first kappa shape index (κ1) is 12.5. The van der Waals surface area contributed by atoms with E-state index in [2.05, 4.69) is 32.3 Å². The van der Waals surface area contributed by atoms with Gasteiger partial charge >= 0.3 is 0 Å². The standard InChI is InChI=1S/C11H17BrN2OS/c12-8-4-11(16-7-8)10(5-13)14-3-1-2-9(15)6-14/h4,7,9-10,15H,1-3,5-6,13H2. The SMILES string of the molecule is NCC(c1cc(Br)cs1)N1CCCC(O)C1. The molecule has 0 aliphatic carbocycles. The van der Waals surface area contributed by atoms with Crippen molar-refractivity contribution < 1.29 is 5.11 Å². The van der Waals surface area contributed by atoms with Crippen LogP contribution in [0.2, 0.25) is 0 Å². The summed E-state index contributed by atoms with van der Waals surface area (Å²) in [4.78, 5) is 3.58. The minimum Gasteiger partial charge on any atom is -0.392 e. The summed E-state index contributed by atoms with van der Waals surface area (Å²) >= 11 is 5.19. The van der Waals surface area contributed by atoms with Crippen LogP contribution in [0, 0.1) is 0 Å². The number of hydrogen-bond acceptors (Lipinski definition) is 4. The van der Waals surface area contributed by atoms with Crippen LogP contribution in [-0.4, -0.2) is 35.7 Å². The molecule has 1 saturated heterocycles. The monoisotopic (exact) mass is 304 g/mol. The van der Waals surface area contributed by atoms with Crippen LogP contribution in [0.3, 0.4) is 0 Å². The molecule has 1 aliphatic heterocycles. The molecule has 1 fully saturated rings. The van der Waals surface area contributed by atoms with Gasteiger partial charge in [0.25, 0.3) is 0 Å². The third-order valence-corrected chi connectivity index (χ3v) is 4.80. The molecule has 1 aliphatic rings. The number of thiophene rings is 1. The van der Waals surface area contributed by atoms with E-state index >= 15 is 0 Å². The molecule has 3 N–H and O–H groups in total. The summed E-state index contributed by atoms with van der Waals surface area (Å²) in [5, 5.41) is 11.8. The van der Waals surface area contributed by atoms with E-state index in [9.17, 15) is 5.11 Å². The number of piperidine rings is 1. The molecular weight excluding hydrogens is 288 g/mol. The molecule has 0 saturated carbocycles. The summed E-state index contributed by atoms with van der Waals surface area (Å²) < 4.78 is 1.11. The molecule has 0 radical (unpaired) electrons. The number of nitrogens with zero attached hydrogens (tertiary/aromatic N) is 1. The van der Waals surface area contributed by atoms with E-state index in [0.717, 1.165) is 30.4 Å². The van der Waals surface area contributed by atoms with Gasteiger partial charge in [0.2, 0.25) is 0 Å². The minimum absolute atomic E-state index is 0.189. The molecule has 0 aromatic carbocycles. The predicted octanol–water partition coefficient (Wildman–Crippen LogP) is 1.97. The predicted molar refractivity (Wildman–Crippen MR) is 70.6 cm³/mol. The number of rotatable bonds is 3. The Balaban J connectivity index is 2.09. The Morgan fingerprint density at radius 2 is 2.50 bits per heavy atom. The van der Waals surface area contributed by atoms with Crippen molar-refractivity contribution in [3.63, 3.8) is 0 Å². The van der Waals surface area contributed by atoms with Crippen molar-refractivity contribution in [1.29, 1.82) is 0 Å². The molecule has 90 valence electrons. The van der Waals surface area contributed by atoms with Gasteiger partial charge in [-0.1, -0.05) is 0 Å². The maximum Gasteiger partial charge on any atom is 0.0667 e. The Morgan fingerprint density at radius 3 is 3.06 bits per heavy atom. The first-order chi connectivity index (χ1) is 7.70. The fraction of sp³-hybridized carbons (Fsp3) is 0.636. The smallest absolute Gasteiger partial charge is 0.0667 e. The molecule has 3 nitrogen and oxygen atoms in total. The first-order valence-corrected chi connectivity index (χ1v) is 7.24. The van der Waals surface area contributed by atoms with Crippen molar-refractivity contribution in [2.45, 2.75) is 25.0 Å². The van der Waals surface area contributed by atoms with E-state index < -0.39 is 0 Å². The molecule has 5 heteroatoms. The topological polar surface area (TPSA) is 49.5 Å². The quantitative estimate of drug-likeness (QED) is 0.897. The lowest BCUT2D eigenvalue weighted by molar-refractivity contribution is 0.0488. The highest BCUT2D eigenvalue weighted by Gasteiger charge is 2.25. The van der Waals surface area contributed by atoms with Gasteiger partial charge in [0.1, 0.15) is 0 Å². The Kier molecular flexibility index (Phi) is 4.38. The highest BCUT2D eigenvalue weighted by Crippen LogP contribution is 2.30. The number of likely N-dealkylation sites (tertiary alicyclic amines) is 1. The molecule has 0 spiro atoms.